The molecule has 0 saturated carbocycles. The summed E-state index contributed by atoms with van der Waals surface area (Å²) < 4.78 is 1.94. The molecule has 0 saturated heterocycles. The Labute approximate surface area is 119 Å². The summed E-state index contributed by atoms with van der Waals surface area (Å²) in [4.78, 5) is 21.8. The second-order valence-corrected chi connectivity index (χ2v) is 4.95. The largest absolute Gasteiger partial charge is 0.481 e. The van der Waals surface area contributed by atoms with Crippen LogP contribution in [0.15, 0.2) is 6.07 Å². The van der Waals surface area contributed by atoms with Crippen LogP contribution in [0.3, 0.4) is 0 Å². The number of carboxylic acid groups (broad SMARTS) is 1. The predicted octanol–water partition coefficient (Wildman–Crippen LogP) is 1.65. The molecule has 0 aliphatic heterocycles. The van der Waals surface area contributed by atoms with E-state index in [2.05, 4.69) is 10.4 Å². The molecule has 0 spiro atoms. The lowest BCUT2D eigenvalue weighted by Crippen LogP contribution is -2.25. The third-order valence-electron chi connectivity index (χ3n) is 3.02. The quantitative estimate of drug-likeness (QED) is 0.674. The zero-order valence-corrected chi connectivity index (χ0v) is 12.2. The van der Waals surface area contributed by atoms with Gasteiger partial charge in [0.2, 0.25) is 5.91 Å². The Kier molecular flexibility index (Phi) is 6.76. The maximum Gasteiger partial charge on any atom is 0.303 e. The van der Waals surface area contributed by atoms with Gasteiger partial charge in [-0.05, 0) is 39.2 Å². The number of unbranched alkanes of at least 4 members (excludes halogenated alkanes) is 1. The number of hydrogen-bond donors (Lipinski definition) is 2. The fourth-order valence-corrected chi connectivity index (χ4v) is 2.01. The maximum atomic E-state index is 11.5. The molecule has 1 rings (SSSR count). The second-order valence-electron chi connectivity index (χ2n) is 4.95. The van der Waals surface area contributed by atoms with Crippen LogP contribution in [0, 0.1) is 13.8 Å². The molecule has 1 aromatic rings. The number of aryl methyl sites for hydroxylation is 3. The normalized spacial score (nSPS) is 10.5. The molecule has 0 atom stereocenters. The van der Waals surface area contributed by atoms with Crippen molar-refractivity contribution in [2.24, 2.45) is 0 Å². The second kappa shape index (κ2) is 8.35. The van der Waals surface area contributed by atoms with Crippen molar-refractivity contribution in [2.75, 3.05) is 6.54 Å². The van der Waals surface area contributed by atoms with Crippen molar-refractivity contribution >= 4 is 11.9 Å². The Bertz CT molecular complexity index is 455. The third-order valence-corrected chi connectivity index (χ3v) is 3.02. The van der Waals surface area contributed by atoms with Crippen LogP contribution in [0.2, 0.25) is 0 Å². The van der Waals surface area contributed by atoms with Crippen LogP contribution < -0.4 is 5.32 Å². The number of nitrogens with zero attached hydrogens (tertiary/aromatic N) is 2. The average Bonchev–Trinajstić information content (AvgIpc) is 2.69. The van der Waals surface area contributed by atoms with E-state index in [-0.39, 0.29) is 12.3 Å². The van der Waals surface area contributed by atoms with Crippen molar-refractivity contribution in [1.82, 2.24) is 15.1 Å². The van der Waals surface area contributed by atoms with Crippen molar-refractivity contribution < 1.29 is 14.7 Å². The lowest BCUT2D eigenvalue weighted by Gasteiger charge is -2.06. The monoisotopic (exact) mass is 281 g/mol. The van der Waals surface area contributed by atoms with Gasteiger partial charge in [0.25, 0.3) is 0 Å². The molecule has 0 fully saturated rings. The smallest absolute Gasteiger partial charge is 0.303 e. The Balaban J connectivity index is 2.07. The first kappa shape index (κ1) is 16.2. The highest BCUT2D eigenvalue weighted by atomic mass is 16.4. The number of nitrogens with one attached hydrogen (secondary N) is 1. The highest BCUT2D eigenvalue weighted by Gasteiger charge is 2.03. The van der Waals surface area contributed by atoms with Crippen molar-refractivity contribution in [3.8, 4) is 0 Å². The van der Waals surface area contributed by atoms with Crippen LogP contribution in [0.5, 0.6) is 0 Å². The molecule has 0 aromatic carbocycles. The number of carbonyl (C=O) groups is 2. The topological polar surface area (TPSA) is 84.2 Å². The van der Waals surface area contributed by atoms with E-state index in [9.17, 15) is 9.59 Å². The first-order valence-corrected chi connectivity index (χ1v) is 6.98. The van der Waals surface area contributed by atoms with E-state index in [1.165, 1.54) is 0 Å². The van der Waals surface area contributed by atoms with Gasteiger partial charge in [0, 0.05) is 31.6 Å². The summed E-state index contributed by atoms with van der Waals surface area (Å²) in [6, 6.07) is 2.03. The number of aromatic nitrogens is 2. The van der Waals surface area contributed by atoms with Gasteiger partial charge in [-0.1, -0.05) is 0 Å². The number of rotatable bonds is 9. The van der Waals surface area contributed by atoms with E-state index < -0.39 is 5.97 Å². The van der Waals surface area contributed by atoms with E-state index >= 15 is 0 Å². The van der Waals surface area contributed by atoms with Gasteiger partial charge in [-0.2, -0.15) is 5.10 Å². The van der Waals surface area contributed by atoms with Gasteiger partial charge in [-0.15, -0.1) is 0 Å². The Hall–Kier alpha value is -1.85. The van der Waals surface area contributed by atoms with Crippen LogP contribution in [0.25, 0.3) is 0 Å². The molecule has 0 bridgehead atoms. The van der Waals surface area contributed by atoms with Gasteiger partial charge in [-0.3, -0.25) is 14.3 Å². The number of carboxylic acids is 1. The van der Waals surface area contributed by atoms with Gasteiger partial charge in [0.15, 0.2) is 0 Å². The maximum absolute atomic E-state index is 11.5. The Morgan fingerprint density at radius 3 is 2.55 bits per heavy atom. The van der Waals surface area contributed by atoms with Gasteiger partial charge in [-0.25, -0.2) is 0 Å². The van der Waals surface area contributed by atoms with Gasteiger partial charge in [0.1, 0.15) is 0 Å². The summed E-state index contributed by atoms with van der Waals surface area (Å²) in [5, 5.41) is 15.7. The SMILES string of the molecule is Cc1cc(C)n(CCCNC(=O)CCCCC(=O)O)n1. The lowest BCUT2D eigenvalue weighted by molar-refractivity contribution is -0.137. The third kappa shape index (κ3) is 6.36. The summed E-state index contributed by atoms with van der Waals surface area (Å²) >= 11 is 0. The molecule has 1 aromatic heterocycles. The molecule has 112 valence electrons. The highest BCUT2D eigenvalue weighted by molar-refractivity contribution is 5.75. The molecule has 6 nitrogen and oxygen atoms in total. The van der Waals surface area contributed by atoms with Crippen LogP contribution in [0.1, 0.15) is 43.5 Å². The molecule has 20 heavy (non-hydrogen) atoms. The number of carbonyl (C=O) groups excluding carboxylic acids is 1. The van der Waals surface area contributed by atoms with Crippen molar-refractivity contribution in [3.05, 3.63) is 17.5 Å². The highest BCUT2D eigenvalue weighted by Crippen LogP contribution is 2.02. The van der Waals surface area contributed by atoms with Crippen molar-refractivity contribution in [1.29, 1.82) is 0 Å². The fourth-order valence-electron chi connectivity index (χ4n) is 2.01. The Morgan fingerprint density at radius 2 is 1.95 bits per heavy atom. The minimum atomic E-state index is -0.810. The molecule has 0 aliphatic carbocycles. The van der Waals surface area contributed by atoms with Crippen LogP contribution in [-0.2, 0) is 16.1 Å². The van der Waals surface area contributed by atoms with E-state index in [0.29, 0.717) is 25.8 Å². The minimum Gasteiger partial charge on any atom is -0.481 e. The molecule has 2 N–H and O–H groups in total. The number of amides is 1. The summed E-state index contributed by atoms with van der Waals surface area (Å²) in [7, 11) is 0. The molecule has 1 heterocycles. The Morgan fingerprint density at radius 1 is 1.25 bits per heavy atom. The van der Waals surface area contributed by atoms with Gasteiger partial charge >= 0.3 is 5.97 Å². The van der Waals surface area contributed by atoms with E-state index in [1.54, 1.807) is 0 Å². The summed E-state index contributed by atoms with van der Waals surface area (Å²) in [6.07, 6.45) is 2.53. The predicted molar refractivity (Wildman–Crippen MR) is 75.4 cm³/mol. The molecule has 6 heteroatoms. The average molecular weight is 281 g/mol. The van der Waals surface area contributed by atoms with E-state index in [0.717, 1.165) is 24.4 Å². The molecule has 0 aliphatic rings. The summed E-state index contributed by atoms with van der Waals surface area (Å²) in [5.74, 6) is -0.820. The van der Waals surface area contributed by atoms with Crippen LogP contribution in [0.4, 0.5) is 0 Å². The molecule has 0 radical (unpaired) electrons. The molecular formula is C14H23N3O3. The zero-order chi connectivity index (χ0) is 15.0. The first-order valence-electron chi connectivity index (χ1n) is 6.98. The fraction of sp³-hybridized carbons (Fsp3) is 0.643. The van der Waals surface area contributed by atoms with Gasteiger partial charge in [0.05, 0.1) is 5.69 Å². The van der Waals surface area contributed by atoms with E-state index in [4.69, 9.17) is 5.11 Å². The van der Waals surface area contributed by atoms with Crippen LogP contribution in [-0.4, -0.2) is 33.3 Å². The molecule has 0 unspecified atom stereocenters. The number of aliphatic carboxylic acids is 1. The minimum absolute atomic E-state index is 0.0104. The summed E-state index contributed by atoms with van der Waals surface area (Å²) in [5.41, 5.74) is 2.13. The summed E-state index contributed by atoms with van der Waals surface area (Å²) in [6.45, 7) is 5.39. The standard InChI is InChI=1S/C14H23N3O3/c1-11-10-12(2)17(16-11)9-5-8-15-13(18)6-3-4-7-14(19)20/h10H,3-9H2,1-2H3,(H,15,18)(H,19,20). The van der Waals surface area contributed by atoms with Crippen molar-refractivity contribution in [2.45, 2.75) is 52.5 Å². The molecular weight excluding hydrogens is 258 g/mol. The van der Waals surface area contributed by atoms with Gasteiger partial charge < -0.3 is 10.4 Å². The lowest BCUT2D eigenvalue weighted by atomic mass is 10.2. The first-order chi connectivity index (χ1) is 9.49. The van der Waals surface area contributed by atoms with E-state index in [1.807, 2.05) is 24.6 Å². The van der Waals surface area contributed by atoms with Crippen LogP contribution >= 0.6 is 0 Å². The van der Waals surface area contributed by atoms with Crippen molar-refractivity contribution in [3.63, 3.8) is 0 Å². The number of hydrogen-bond acceptors (Lipinski definition) is 3. The molecule has 1 amide bonds. The zero-order valence-electron chi connectivity index (χ0n) is 12.2.